The zero-order valence-corrected chi connectivity index (χ0v) is 11.9. The molecule has 0 fully saturated rings. The van der Waals surface area contributed by atoms with Crippen LogP contribution in [0.1, 0.15) is 12.5 Å². The SMILES string of the molecule is C/C(=N/NC(=N)N)c1cn(S(C)(=O)=O)c2ccccc12. The predicted molar refractivity (Wildman–Crippen MR) is 79.4 cm³/mol. The van der Waals surface area contributed by atoms with E-state index in [1.807, 2.05) is 12.1 Å². The van der Waals surface area contributed by atoms with E-state index in [0.29, 0.717) is 16.8 Å². The molecule has 1 aromatic carbocycles. The van der Waals surface area contributed by atoms with Gasteiger partial charge in [-0.2, -0.15) is 5.10 Å². The van der Waals surface area contributed by atoms with Crippen molar-refractivity contribution in [2.24, 2.45) is 10.8 Å². The molecule has 2 aromatic rings. The maximum Gasteiger partial charge on any atom is 0.236 e. The van der Waals surface area contributed by atoms with Crippen molar-refractivity contribution >= 4 is 32.6 Å². The largest absolute Gasteiger partial charge is 0.369 e. The number of nitrogens with two attached hydrogens (primary N) is 1. The van der Waals surface area contributed by atoms with Gasteiger partial charge in [-0.15, -0.1) is 0 Å². The number of nitrogens with one attached hydrogen (secondary N) is 2. The molecule has 0 aliphatic carbocycles. The summed E-state index contributed by atoms with van der Waals surface area (Å²) in [7, 11) is -3.40. The molecular weight excluding hydrogens is 278 g/mol. The summed E-state index contributed by atoms with van der Waals surface area (Å²) < 4.78 is 24.8. The van der Waals surface area contributed by atoms with E-state index >= 15 is 0 Å². The van der Waals surface area contributed by atoms with Crippen molar-refractivity contribution in [2.75, 3.05) is 6.26 Å². The molecule has 20 heavy (non-hydrogen) atoms. The Morgan fingerprint density at radius 2 is 2.05 bits per heavy atom. The van der Waals surface area contributed by atoms with E-state index in [2.05, 4.69) is 10.5 Å². The molecule has 8 heteroatoms. The summed E-state index contributed by atoms with van der Waals surface area (Å²) in [6.45, 7) is 1.71. The summed E-state index contributed by atoms with van der Waals surface area (Å²) >= 11 is 0. The molecule has 0 bridgehead atoms. The third kappa shape index (κ3) is 2.64. The van der Waals surface area contributed by atoms with E-state index in [9.17, 15) is 8.42 Å². The van der Waals surface area contributed by atoms with Gasteiger partial charge in [0.25, 0.3) is 0 Å². The molecule has 0 saturated carbocycles. The van der Waals surface area contributed by atoms with Gasteiger partial charge in [-0.1, -0.05) is 18.2 Å². The van der Waals surface area contributed by atoms with Crippen molar-refractivity contribution in [3.8, 4) is 0 Å². The highest BCUT2D eigenvalue weighted by Crippen LogP contribution is 2.23. The van der Waals surface area contributed by atoms with Crippen LogP contribution in [0.5, 0.6) is 0 Å². The predicted octanol–water partition coefficient (Wildman–Crippen LogP) is 0.656. The highest BCUT2D eigenvalue weighted by atomic mass is 32.2. The summed E-state index contributed by atoms with van der Waals surface area (Å²) in [5, 5.41) is 11.8. The van der Waals surface area contributed by atoms with Gasteiger partial charge >= 0.3 is 0 Å². The van der Waals surface area contributed by atoms with Gasteiger partial charge in [0.2, 0.25) is 16.0 Å². The van der Waals surface area contributed by atoms with Crippen LogP contribution in [0.2, 0.25) is 0 Å². The Morgan fingerprint density at radius 3 is 2.65 bits per heavy atom. The summed E-state index contributed by atoms with van der Waals surface area (Å²) in [5.74, 6) is -0.281. The minimum absolute atomic E-state index is 0.281. The maximum absolute atomic E-state index is 11.8. The number of benzene rings is 1. The molecule has 7 nitrogen and oxygen atoms in total. The first-order chi connectivity index (χ1) is 9.30. The molecule has 0 saturated heterocycles. The van der Waals surface area contributed by atoms with Gasteiger partial charge in [-0.25, -0.2) is 17.8 Å². The number of hydrogen-bond donors (Lipinski definition) is 3. The van der Waals surface area contributed by atoms with Crippen LogP contribution in [0.3, 0.4) is 0 Å². The van der Waals surface area contributed by atoms with Crippen molar-refractivity contribution in [2.45, 2.75) is 6.92 Å². The lowest BCUT2D eigenvalue weighted by atomic mass is 10.1. The van der Waals surface area contributed by atoms with Gasteiger partial charge < -0.3 is 5.73 Å². The van der Waals surface area contributed by atoms with Gasteiger partial charge in [0.05, 0.1) is 17.5 Å². The van der Waals surface area contributed by atoms with E-state index in [1.165, 1.54) is 10.2 Å². The summed E-state index contributed by atoms with van der Waals surface area (Å²) in [4.78, 5) is 0. The topological polar surface area (TPSA) is 113 Å². The summed E-state index contributed by atoms with van der Waals surface area (Å²) in [6.07, 6.45) is 2.66. The quantitative estimate of drug-likeness (QED) is 0.438. The Bertz CT molecular complexity index is 804. The second kappa shape index (κ2) is 4.97. The zero-order chi connectivity index (χ0) is 14.9. The van der Waals surface area contributed by atoms with Crippen LogP contribution in [0.4, 0.5) is 0 Å². The number of guanidine groups is 1. The normalized spacial score (nSPS) is 12.6. The van der Waals surface area contributed by atoms with Crippen LogP contribution in [0, 0.1) is 5.41 Å². The number of fused-ring (bicyclic) bond motifs is 1. The second-order valence-corrected chi connectivity index (χ2v) is 6.20. The smallest absolute Gasteiger partial charge is 0.236 e. The van der Waals surface area contributed by atoms with Crippen molar-refractivity contribution in [1.29, 1.82) is 5.41 Å². The van der Waals surface area contributed by atoms with Gasteiger partial charge in [0.15, 0.2) is 0 Å². The highest BCUT2D eigenvalue weighted by Gasteiger charge is 2.15. The highest BCUT2D eigenvalue weighted by molar-refractivity contribution is 7.89. The fraction of sp³-hybridized carbons (Fsp3) is 0.167. The molecule has 0 radical (unpaired) electrons. The molecule has 1 aromatic heterocycles. The maximum atomic E-state index is 11.8. The standard InChI is InChI=1S/C12H15N5O2S/c1-8(15-16-12(13)14)10-7-17(20(2,18)19)11-6-4-3-5-9(10)11/h3-7H,1-2H3,(H4,13,14,16)/b15-8-. The average Bonchev–Trinajstić information content (AvgIpc) is 2.75. The van der Waals surface area contributed by atoms with E-state index < -0.39 is 10.0 Å². The fourth-order valence-electron chi connectivity index (χ4n) is 1.92. The third-order valence-electron chi connectivity index (χ3n) is 2.77. The van der Waals surface area contributed by atoms with Gasteiger partial charge in [-0.05, 0) is 13.0 Å². The van der Waals surface area contributed by atoms with E-state index in [4.69, 9.17) is 11.1 Å². The first-order valence-electron chi connectivity index (χ1n) is 5.76. The number of hydrogen-bond acceptors (Lipinski definition) is 4. The molecule has 1 heterocycles. The number of aromatic nitrogens is 1. The molecule has 0 spiro atoms. The molecule has 4 N–H and O–H groups in total. The minimum Gasteiger partial charge on any atom is -0.369 e. The van der Waals surface area contributed by atoms with Crippen LogP contribution in [0.25, 0.3) is 10.9 Å². The van der Waals surface area contributed by atoms with Crippen LogP contribution < -0.4 is 11.2 Å². The average molecular weight is 293 g/mol. The molecule has 0 aliphatic heterocycles. The van der Waals surface area contributed by atoms with E-state index in [-0.39, 0.29) is 5.96 Å². The van der Waals surface area contributed by atoms with Crippen molar-refractivity contribution < 1.29 is 8.42 Å². The molecule has 0 amide bonds. The lowest BCUT2D eigenvalue weighted by Gasteiger charge is -2.00. The Morgan fingerprint density at radius 1 is 1.40 bits per heavy atom. The van der Waals surface area contributed by atoms with Crippen LogP contribution in [0.15, 0.2) is 35.6 Å². The van der Waals surface area contributed by atoms with Crippen molar-refractivity contribution in [3.05, 3.63) is 36.0 Å². The fourth-order valence-corrected chi connectivity index (χ4v) is 2.73. The van der Waals surface area contributed by atoms with Gasteiger partial charge in [0, 0.05) is 17.1 Å². The lowest BCUT2D eigenvalue weighted by molar-refractivity contribution is 0.595. The van der Waals surface area contributed by atoms with Crippen molar-refractivity contribution in [1.82, 2.24) is 9.40 Å². The number of hydrazone groups is 1. The molecule has 0 aliphatic rings. The number of para-hydroxylation sites is 1. The first kappa shape index (κ1) is 14.1. The minimum atomic E-state index is -3.40. The van der Waals surface area contributed by atoms with E-state index in [0.717, 1.165) is 11.6 Å². The number of nitrogens with zero attached hydrogens (tertiary/aromatic N) is 2. The zero-order valence-electron chi connectivity index (χ0n) is 11.1. The van der Waals surface area contributed by atoms with Gasteiger partial charge in [-0.3, -0.25) is 5.41 Å². The monoisotopic (exact) mass is 293 g/mol. The van der Waals surface area contributed by atoms with E-state index in [1.54, 1.807) is 19.1 Å². The summed E-state index contributed by atoms with van der Waals surface area (Å²) in [5.41, 5.74) is 9.31. The molecule has 0 atom stereocenters. The lowest BCUT2D eigenvalue weighted by Crippen LogP contribution is -2.26. The summed E-state index contributed by atoms with van der Waals surface area (Å²) in [6, 6.07) is 7.14. The van der Waals surface area contributed by atoms with Crippen molar-refractivity contribution in [3.63, 3.8) is 0 Å². The Kier molecular flexibility index (Phi) is 3.49. The van der Waals surface area contributed by atoms with Gasteiger partial charge in [0.1, 0.15) is 0 Å². The second-order valence-electron chi connectivity index (χ2n) is 4.34. The third-order valence-corrected chi connectivity index (χ3v) is 3.79. The molecule has 2 rings (SSSR count). The Balaban J connectivity index is 2.66. The molecular formula is C12H15N5O2S. The molecule has 106 valence electrons. The van der Waals surface area contributed by atoms with Crippen LogP contribution in [-0.4, -0.2) is 30.3 Å². The van der Waals surface area contributed by atoms with Crippen LogP contribution >= 0.6 is 0 Å². The first-order valence-corrected chi connectivity index (χ1v) is 7.61. The Labute approximate surface area is 116 Å². The molecule has 0 unspecified atom stereocenters. The Hall–Kier alpha value is -2.35. The number of rotatable bonds is 3. The van der Waals surface area contributed by atoms with Crippen LogP contribution in [-0.2, 0) is 10.0 Å².